The fraction of sp³-hybridized carbons (Fsp3) is 0.500. The summed E-state index contributed by atoms with van der Waals surface area (Å²) < 4.78 is 14.3. The molecule has 0 aliphatic carbocycles. The lowest BCUT2D eigenvalue weighted by Gasteiger charge is -2.38. The largest absolute Gasteiger partial charge is 0.487 e. The summed E-state index contributed by atoms with van der Waals surface area (Å²) in [6, 6.07) is 7.16. The topological polar surface area (TPSA) is 114 Å². The molecule has 0 spiro atoms. The van der Waals surface area contributed by atoms with Gasteiger partial charge < -0.3 is 25.0 Å². The predicted octanol–water partition coefficient (Wildman–Crippen LogP) is 1.15. The predicted molar refractivity (Wildman–Crippen MR) is 112 cm³/mol. The van der Waals surface area contributed by atoms with Crippen LogP contribution >= 0.6 is 27.7 Å². The molecular formula is C18H22BrN5O4S. The second-order valence-corrected chi connectivity index (χ2v) is 8.77. The monoisotopic (exact) mass is 483 g/mol. The fourth-order valence-electron chi connectivity index (χ4n) is 3.24. The average Bonchev–Trinajstić information content (AvgIpc) is 3.31. The lowest BCUT2D eigenvalue weighted by Crippen LogP contribution is -2.59. The molecule has 2 aliphatic rings. The van der Waals surface area contributed by atoms with E-state index in [4.69, 9.17) is 9.47 Å². The number of thioether (sulfide) groups is 1. The molecule has 9 nitrogen and oxygen atoms in total. The zero-order chi connectivity index (χ0) is 20.4. The molecule has 0 radical (unpaired) electrons. The standard InChI is InChI=1S/C18H22BrN5O4S/c1-2-20-18-21-14-16(26)15(25)13(28-17(14)29-18)8-24-7-11(22-23-24)9-27-12-5-3-4-10(19)6-12/h3-7,13-17,25-26H,2,8-9H2,1H3,(H,20,21). The van der Waals surface area contributed by atoms with Crippen molar-refractivity contribution in [1.29, 1.82) is 0 Å². The highest BCUT2D eigenvalue weighted by atomic mass is 79.9. The van der Waals surface area contributed by atoms with Gasteiger partial charge in [0.15, 0.2) is 5.17 Å². The third-order valence-electron chi connectivity index (χ3n) is 4.66. The molecule has 2 aliphatic heterocycles. The van der Waals surface area contributed by atoms with Crippen LogP contribution in [-0.2, 0) is 17.9 Å². The van der Waals surface area contributed by atoms with Crippen molar-refractivity contribution in [3.63, 3.8) is 0 Å². The molecule has 29 heavy (non-hydrogen) atoms. The van der Waals surface area contributed by atoms with E-state index >= 15 is 0 Å². The van der Waals surface area contributed by atoms with Gasteiger partial charge in [-0.05, 0) is 25.1 Å². The number of fused-ring (bicyclic) bond motifs is 1. The van der Waals surface area contributed by atoms with Gasteiger partial charge in [0, 0.05) is 11.0 Å². The summed E-state index contributed by atoms with van der Waals surface area (Å²) in [7, 11) is 0. The molecule has 11 heteroatoms. The van der Waals surface area contributed by atoms with Crippen LogP contribution in [0.3, 0.4) is 0 Å². The maximum absolute atomic E-state index is 10.5. The van der Waals surface area contributed by atoms with E-state index in [1.807, 2.05) is 31.2 Å². The minimum absolute atomic E-state index is 0.270. The molecule has 0 saturated carbocycles. The van der Waals surface area contributed by atoms with Crippen LogP contribution in [0.1, 0.15) is 12.6 Å². The van der Waals surface area contributed by atoms with Gasteiger partial charge in [-0.2, -0.15) is 0 Å². The summed E-state index contributed by atoms with van der Waals surface area (Å²) in [5.41, 5.74) is 0.342. The molecule has 0 bridgehead atoms. The van der Waals surface area contributed by atoms with Crippen LogP contribution in [0.5, 0.6) is 5.75 Å². The summed E-state index contributed by atoms with van der Waals surface area (Å²) in [6.45, 7) is 3.12. The molecule has 1 aromatic carbocycles. The Morgan fingerprint density at radius 1 is 1.38 bits per heavy atom. The highest BCUT2D eigenvalue weighted by molar-refractivity contribution is 9.10. The summed E-state index contributed by atoms with van der Waals surface area (Å²) in [4.78, 5) is 4.32. The van der Waals surface area contributed by atoms with E-state index in [0.717, 1.165) is 15.4 Å². The number of benzene rings is 1. The Hall–Kier alpha value is -1.66. The van der Waals surface area contributed by atoms with Crippen molar-refractivity contribution >= 4 is 32.9 Å². The van der Waals surface area contributed by atoms with Crippen LogP contribution < -0.4 is 10.1 Å². The lowest BCUT2D eigenvalue weighted by atomic mass is 9.98. The second kappa shape index (κ2) is 9.00. The van der Waals surface area contributed by atoms with E-state index in [1.165, 1.54) is 11.8 Å². The zero-order valence-electron chi connectivity index (χ0n) is 15.7. The van der Waals surface area contributed by atoms with Crippen LogP contribution in [0, 0.1) is 0 Å². The van der Waals surface area contributed by atoms with Crippen molar-refractivity contribution in [3.05, 3.63) is 40.6 Å². The van der Waals surface area contributed by atoms with Crippen molar-refractivity contribution < 1.29 is 19.7 Å². The van der Waals surface area contributed by atoms with E-state index in [0.29, 0.717) is 12.2 Å². The van der Waals surface area contributed by atoms with Crippen LogP contribution in [0.2, 0.25) is 0 Å². The molecule has 2 fully saturated rings. The molecule has 2 aromatic rings. The molecule has 3 heterocycles. The number of aliphatic imine (C=N–C) groups is 1. The highest BCUT2D eigenvalue weighted by Crippen LogP contribution is 2.34. The molecule has 5 atom stereocenters. The maximum Gasteiger partial charge on any atom is 0.159 e. The number of hydrogen-bond donors (Lipinski definition) is 3. The third-order valence-corrected chi connectivity index (χ3v) is 6.26. The number of hydrogen-bond acceptors (Lipinski definition) is 8. The van der Waals surface area contributed by atoms with Crippen LogP contribution in [0.25, 0.3) is 0 Å². The van der Waals surface area contributed by atoms with Gasteiger partial charge in [0.1, 0.15) is 41.8 Å². The Bertz CT molecular complexity index is 881. The van der Waals surface area contributed by atoms with Gasteiger partial charge in [0.25, 0.3) is 0 Å². The minimum Gasteiger partial charge on any atom is -0.487 e. The van der Waals surface area contributed by atoms with Crippen LogP contribution in [-0.4, -0.2) is 66.7 Å². The first-order chi connectivity index (χ1) is 14.0. The zero-order valence-corrected chi connectivity index (χ0v) is 18.1. The Morgan fingerprint density at radius 2 is 2.24 bits per heavy atom. The van der Waals surface area contributed by atoms with Crippen molar-refractivity contribution in [2.45, 2.75) is 49.9 Å². The number of halogens is 1. The molecule has 3 N–H and O–H groups in total. The molecule has 156 valence electrons. The average molecular weight is 484 g/mol. The number of aromatic nitrogens is 3. The first-order valence-corrected chi connectivity index (χ1v) is 11.0. The van der Waals surface area contributed by atoms with E-state index in [9.17, 15) is 10.2 Å². The van der Waals surface area contributed by atoms with E-state index in [1.54, 1.807) is 10.9 Å². The molecule has 4 rings (SSSR count). The number of nitrogens with zero attached hydrogens (tertiary/aromatic N) is 4. The van der Waals surface area contributed by atoms with E-state index < -0.39 is 18.3 Å². The third kappa shape index (κ3) is 4.75. The Labute approximate surface area is 180 Å². The molecule has 1 aromatic heterocycles. The Kier molecular flexibility index (Phi) is 6.40. The van der Waals surface area contributed by atoms with Crippen molar-refractivity contribution in [2.24, 2.45) is 4.99 Å². The number of aliphatic hydroxyl groups excluding tert-OH is 2. The van der Waals surface area contributed by atoms with Crippen molar-refractivity contribution in [1.82, 2.24) is 20.3 Å². The number of nitrogens with one attached hydrogen (secondary N) is 1. The maximum atomic E-state index is 10.5. The van der Waals surface area contributed by atoms with Gasteiger partial charge in [-0.3, -0.25) is 4.99 Å². The summed E-state index contributed by atoms with van der Waals surface area (Å²) in [6.07, 6.45) is -0.868. The van der Waals surface area contributed by atoms with Crippen molar-refractivity contribution in [2.75, 3.05) is 6.54 Å². The molecular weight excluding hydrogens is 462 g/mol. The SMILES string of the molecule is CCN=C1NC2C(OC(Cn3cc(COc4cccc(Br)c4)nn3)C(O)C2O)S1. The second-order valence-electron chi connectivity index (χ2n) is 6.77. The van der Waals surface area contributed by atoms with Gasteiger partial charge in [0.05, 0.1) is 18.8 Å². The van der Waals surface area contributed by atoms with Crippen LogP contribution in [0.4, 0.5) is 0 Å². The first-order valence-electron chi connectivity index (χ1n) is 9.30. The number of aliphatic hydroxyl groups is 2. The quantitative estimate of drug-likeness (QED) is 0.560. The van der Waals surface area contributed by atoms with E-state index in [-0.39, 0.29) is 24.6 Å². The van der Waals surface area contributed by atoms with Gasteiger partial charge >= 0.3 is 0 Å². The smallest absolute Gasteiger partial charge is 0.159 e. The number of amidine groups is 1. The van der Waals surface area contributed by atoms with Gasteiger partial charge in [-0.1, -0.05) is 39.0 Å². The van der Waals surface area contributed by atoms with Crippen LogP contribution in [0.15, 0.2) is 39.9 Å². The molecule has 0 amide bonds. The molecule has 2 saturated heterocycles. The first kappa shape index (κ1) is 20.6. The number of rotatable bonds is 6. The van der Waals surface area contributed by atoms with Gasteiger partial charge in [-0.25, -0.2) is 4.68 Å². The normalized spacial score (nSPS) is 30.2. The lowest BCUT2D eigenvalue weighted by molar-refractivity contribution is -0.160. The minimum atomic E-state index is -1.05. The fourth-order valence-corrected chi connectivity index (χ4v) is 4.82. The van der Waals surface area contributed by atoms with E-state index in [2.05, 4.69) is 36.6 Å². The van der Waals surface area contributed by atoms with Crippen molar-refractivity contribution in [3.8, 4) is 5.75 Å². The summed E-state index contributed by atoms with van der Waals surface area (Å²) >= 11 is 4.83. The Balaban J connectivity index is 1.36. The van der Waals surface area contributed by atoms with Gasteiger partial charge in [0.2, 0.25) is 0 Å². The van der Waals surface area contributed by atoms with Gasteiger partial charge in [-0.15, -0.1) is 5.10 Å². The Morgan fingerprint density at radius 3 is 3.03 bits per heavy atom. The summed E-state index contributed by atoms with van der Waals surface area (Å²) in [5.74, 6) is 0.726. The highest BCUT2D eigenvalue weighted by Gasteiger charge is 2.49. The summed E-state index contributed by atoms with van der Waals surface area (Å²) in [5, 5.41) is 33.0. The molecule has 5 unspecified atom stereocenters. The number of ether oxygens (including phenoxy) is 2.